The van der Waals surface area contributed by atoms with E-state index in [2.05, 4.69) is 17.3 Å². The summed E-state index contributed by atoms with van der Waals surface area (Å²) in [6.07, 6.45) is 3.54. The summed E-state index contributed by atoms with van der Waals surface area (Å²) in [6, 6.07) is 18.3. The lowest BCUT2D eigenvalue weighted by Crippen LogP contribution is -2.30. The number of nitrogens with zero attached hydrogens (tertiary/aromatic N) is 2. The first-order chi connectivity index (χ1) is 12.2. The Morgan fingerprint density at radius 3 is 2.64 bits per heavy atom. The van der Waals surface area contributed by atoms with Crippen molar-refractivity contribution in [2.75, 3.05) is 6.54 Å². The molecule has 0 saturated carbocycles. The van der Waals surface area contributed by atoms with E-state index in [1.807, 2.05) is 54.3 Å². The molecule has 1 atom stereocenters. The van der Waals surface area contributed by atoms with Gasteiger partial charge in [0.25, 0.3) is 5.91 Å². The maximum atomic E-state index is 13.2. The molecule has 1 amide bonds. The van der Waals surface area contributed by atoms with E-state index in [4.69, 9.17) is 4.52 Å². The molecule has 2 aromatic carbocycles. The van der Waals surface area contributed by atoms with E-state index in [0.29, 0.717) is 11.3 Å². The largest absolute Gasteiger partial charge is 0.355 e. The number of amides is 1. The van der Waals surface area contributed by atoms with Crippen molar-refractivity contribution in [3.8, 4) is 11.3 Å². The predicted molar refractivity (Wildman–Crippen MR) is 96.1 cm³/mol. The summed E-state index contributed by atoms with van der Waals surface area (Å²) in [5.74, 6) is 0.534. The number of carbonyl (C=O) groups is 1. The van der Waals surface area contributed by atoms with Crippen LogP contribution in [0, 0.1) is 6.92 Å². The molecule has 1 saturated heterocycles. The number of aryl methyl sites for hydroxylation is 1. The van der Waals surface area contributed by atoms with Gasteiger partial charge in [-0.1, -0.05) is 65.3 Å². The number of hydrogen-bond donors (Lipinski definition) is 0. The van der Waals surface area contributed by atoms with Crippen molar-refractivity contribution in [1.29, 1.82) is 0 Å². The van der Waals surface area contributed by atoms with Crippen molar-refractivity contribution in [1.82, 2.24) is 10.1 Å². The number of benzene rings is 2. The molecule has 1 unspecified atom stereocenters. The molecule has 0 bridgehead atoms. The Kier molecular flexibility index (Phi) is 4.10. The van der Waals surface area contributed by atoms with Crippen molar-refractivity contribution < 1.29 is 9.32 Å². The molecule has 2 heterocycles. The van der Waals surface area contributed by atoms with E-state index >= 15 is 0 Å². The highest BCUT2D eigenvalue weighted by molar-refractivity contribution is 5.99. The third kappa shape index (κ3) is 2.95. The molecule has 0 spiro atoms. The van der Waals surface area contributed by atoms with Gasteiger partial charge in [-0.2, -0.15) is 0 Å². The number of carbonyl (C=O) groups excluding carboxylic acids is 1. The Morgan fingerprint density at radius 1 is 1.12 bits per heavy atom. The average Bonchev–Trinajstić information content (AvgIpc) is 3.32. The number of aromatic nitrogens is 1. The molecule has 3 aromatic rings. The summed E-state index contributed by atoms with van der Waals surface area (Å²) in [6.45, 7) is 2.79. The Labute approximate surface area is 147 Å². The molecule has 4 heteroatoms. The van der Waals surface area contributed by atoms with E-state index in [0.717, 1.165) is 24.9 Å². The van der Waals surface area contributed by atoms with Crippen molar-refractivity contribution >= 4 is 5.91 Å². The lowest BCUT2D eigenvalue weighted by Gasteiger charge is -2.24. The Bertz CT molecular complexity index is 868. The van der Waals surface area contributed by atoms with Gasteiger partial charge < -0.3 is 9.42 Å². The van der Waals surface area contributed by atoms with Gasteiger partial charge >= 0.3 is 0 Å². The number of rotatable bonds is 3. The summed E-state index contributed by atoms with van der Waals surface area (Å²) < 4.78 is 5.41. The van der Waals surface area contributed by atoms with E-state index in [1.54, 1.807) is 0 Å². The molecule has 0 aliphatic carbocycles. The minimum atomic E-state index is -0.0109. The van der Waals surface area contributed by atoms with Gasteiger partial charge in [0.05, 0.1) is 12.2 Å². The molecule has 0 radical (unpaired) electrons. The van der Waals surface area contributed by atoms with E-state index in [1.165, 1.54) is 17.3 Å². The van der Waals surface area contributed by atoms with Gasteiger partial charge in [-0.15, -0.1) is 0 Å². The van der Waals surface area contributed by atoms with Crippen LogP contribution in [0.15, 0.2) is 65.3 Å². The standard InChI is InChI=1S/C21H20N2O2/c1-15-9-11-17(12-10-15)20-18(14-22-25-20)21(24)23-13-5-8-19(23)16-6-3-2-4-7-16/h2-4,6-7,9-12,14,19H,5,8,13H2,1H3. The molecule has 4 rings (SSSR count). The molecule has 126 valence electrons. The van der Waals surface area contributed by atoms with E-state index in [-0.39, 0.29) is 11.9 Å². The fraction of sp³-hybridized carbons (Fsp3) is 0.238. The summed E-state index contributed by atoms with van der Waals surface area (Å²) in [5, 5.41) is 3.89. The fourth-order valence-electron chi connectivity index (χ4n) is 3.49. The van der Waals surface area contributed by atoms with Crippen LogP contribution in [0.5, 0.6) is 0 Å². The molecular formula is C21H20N2O2. The van der Waals surface area contributed by atoms with Gasteiger partial charge in [0.2, 0.25) is 0 Å². The van der Waals surface area contributed by atoms with Crippen molar-refractivity contribution in [3.63, 3.8) is 0 Å². The summed E-state index contributed by atoms with van der Waals surface area (Å²) in [7, 11) is 0. The van der Waals surface area contributed by atoms with Crippen molar-refractivity contribution in [3.05, 3.63) is 77.5 Å². The van der Waals surface area contributed by atoms with E-state index in [9.17, 15) is 4.79 Å². The molecule has 0 N–H and O–H groups in total. The summed E-state index contributed by atoms with van der Waals surface area (Å²) in [4.78, 5) is 15.1. The highest BCUT2D eigenvalue weighted by atomic mass is 16.5. The lowest BCUT2D eigenvalue weighted by molar-refractivity contribution is 0.0736. The second-order valence-corrected chi connectivity index (χ2v) is 6.50. The van der Waals surface area contributed by atoms with Gasteiger partial charge in [-0.25, -0.2) is 0 Å². The van der Waals surface area contributed by atoms with Gasteiger partial charge in [0.1, 0.15) is 5.56 Å². The molecule has 1 fully saturated rings. The van der Waals surface area contributed by atoms with Gasteiger partial charge in [0.15, 0.2) is 5.76 Å². The zero-order chi connectivity index (χ0) is 17.2. The van der Waals surface area contributed by atoms with Crippen LogP contribution >= 0.6 is 0 Å². The first-order valence-corrected chi connectivity index (χ1v) is 8.61. The second kappa shape index (κ2) is 6.55. The SMILES string of the molecule is Cc1ccc(-c2oncc2C(=O)N2CCCC2c2ccccc2)cc1. The Hall–Kier alpha value is -2.88. The van der Waals surface area contributed by atoms with Crippen LogP contribution in [-0.4, -0.2) is 22.5 Å². The Balaban J connectivity index is 1.65. The zero-order valence-corrected chi connectivity index (χ0v) is 14.2. The molecule has 1 aliphatic rings. The Morgan fingerprint density at radius 2 is 1.88 bits per heavy atom. The third-order valence-electron chi connectivity index (χ3n) is 4.81. The normalized spacial score (nSPS) is 17.0. The van der Waals surface area contributed by atoms with Crippen LogP contribution < -0.4 is 0 Å². The van der Waals surface area contributed by atoms with Crippen LogP contribution in [0.3, 0.4) is 0 Å². The third-order valence-corrected chi connectivity index (χ3v) is 4.81. The quantitative estimate of drug-likeness (QED) is 0.702. The van der Waals surface area contributed by atoms with Gasteiger partial charge in [-0.05, 0) is 25.3 Å². The smallest absolute Gasteiger partial charge is 0.259 e. The molecule has 25 heavy (non-hydrogen) atoms. The van der Waals surface area contributed by atoms with Crippen molar-refractivity contribution in [2.45, 2.75) is 25.8 Å². The van der Waals surface area contributed by atoms with Crippen LogP contribution in [0.25, 0.3) is 11.3 Å². The summed E-state index contributed by atoms with van der Waals surface area (Å²) >= 11 is 0. The number of hydrogen-bond acceptors (Lipinski definition) is 3. The number of likely N-dealkylation sites (tertiary alicyclic amines) is 1. The highest BCUT2D eigenvalue weighted by Crippen LogP contribution is 2.34. The molecule has 4 nitrogen and oxygen atoms in total. The monoisotopic (exact) mass is 332 g/mol. The van der Waals surface area contributed by atoms with Crippen molar-refractivity contribution in [2.24, 2.45) is 0 Å². The first kappa shape index (κ1) is 15.6. The first-order valence-electron chi connectivity index (χ1n) is 8.61. The maximum Gasteiger partial charge on any atom is 0.259 e. The minimum absolute atomic E-state index is 0.0109. The zero-order valence-electron chi connectivity index (χ0n) is 14.2. The van der Waals surface area contributed by atoms with Crippen LogP contribution in [0.4, 0.5) is 0 Å². The fourth-order valence-corrected chi connectivity index (χ4v) is 3.49. The summed E-state index contributed by atoms with van der Waals surface area (Å²) in [5.41, 5.74) is 3.76. The lowest BCUT2D eigenvalue weighted by atomic mass is 10.0. The topological polar surface area (TPSA) is 46.3 Å². The maximum absolute atomic E-state index is 13.2. The molecule has 1 aromatic heterocycles. The van der Waals surface area contributed by atoms with Gasteiger partial charge in [-0.3, -0.25) is 4.79 Å². The van der Waals surface area contributed by atoms with Crippen LogP contribution in [0.1, 0.15) is 40.4 Å². The minimum Gasteiger partial charge on any atom is -0.355 e. The second-order valence-electron chi connectivity index (χ2n) is 6.50. The molecule has 1 aliphatic heterocycles. The average molecular weight is 332 g/mol. The van der Waals surface area contributed by atoms with Crippen LogP contribution in [0.2, 0.25) is 0 Å². The predicted octanol–water partition coefficient (Wildman–Crippen LogP) is 4.63. The highest BCUT2D eigenvalue weighted by Gasteiger charge is 2.32. The van der Waals surface area contributed by atoms with Crippen LogP contribution in [-0.2, 0) is 0 Å². The van der Waals surface area contributed by atoms with E-state index < -0.39 is 0 Å². The van der Waals surface area contributed by atoms with Gasteiger partial charge in [0, 0.05) is 12.1 Å². The molecular weight excluding hydrogens is 312 g/mol.